The van der Waals surface area contributed by atoms with E-state index in [0.29, 0.717) is 0 Å². The smallest absolute Gasteiger partial charge is 0.0379 e. The lowest BCUT2D eigenvalue weighted by Gasteiger charge is -2.30. The van der Waals surface area contributed by atoms with E-state index in [1.54, 1.807) is 0 Å². The van der Waals surface area contributed by atoms with Crippen LogP contribution in [0.25, 0.3) is 6.08 Å². The van der Waals surface area contributed by atoms with E-state index >= 15 is 0 Å². The Morgan fingerprint density at radius 2 is 1.19 bits per heavy atom. The first-order valence-electron chi connectivity index (χ1n) is 5.86. The molecule has 0 spiro atoms. The first-order valence-corrected chi connectivity index (χ1v) is 13.9. The summed E-state index contributed by atoms with van der Waals surface area (Å²) in [4.78, 5) is 0. The fourth-order valence-electron chi connectivity index (χ4n) is 0.589. The van der Waals surface area contributed by atoms with E-state index in [9.17, 15) is 0 Å². The zero-order chi connectivity index (χ0) is 12.8. The van der Waals surface area contributed by atoms with E-state index in [2.05, 4.69) is 45.9 Å². The van der Waals surface area contributed by atoms with Gasteiger partial charge in [0.2, 0.25) is 0 Å². The van der Waals surface area contributed by atoms with Crippen molar-refractivity contribution in [3.8, 4) is 0 Å². The van der Waals surface area contributed by atoms with Crippen LogP contribution in [0, 0.1) is 0 Å². The van der Waals surface area contributed by atoms with E-state index in [0.717, 1.165) is 0 Å². The molecule has 0 nitrogen and oxygen atoms in total. The molecule has 16 heavy (non-hydrogen) atoms. The molecule has 0 heterocycles. The number of benzene rings is 1. The molecule has 1 aromatic carbocycles. The van der Waals surface area contributed by atoms with Crippen molar-refractivity contribution in [2.24, 2.45) is 0 Å². The van der Waals surface area contributed by atoms with E-state index in [1.165, 1.54) is 5.56 Å². The predicted molar refractivity (Wildman–Crippen MR) is 83.2 cm³/mol. The molecule has 0 bridgehead atoms. The molecule has 0 atom stereocenters. The Balaban J connectivity index is 0.000000281. The summed E-state index contributed by atoms with van der Waals surface area (Å²) in [7, 11) is -1.44. The lowest BCUT2D eigenvalue weighted by molar-refractivity contribution is 1.67. The van der Waals surface area contributed by atoms with E-state index in [-0.39, 0.29) is 0 Å². The predicted octanol–water partition coefficient (Wildman–Crippen LogP) is 5.07. The zero-order valence-electron chi connectivity index (χ0n) is 11.7. The Bertz CT molecular complexity index is 290. The summed E-state index contributed by atoms with van der Waals surface area (Å²) in [5, 5.41) is 0. The Morgan fingerprint density at radius 3 is 1.38 bits per heavy atom. The Kier molecular flexibility index (Phi) is 5.97. The molecule has 0 saturated heterocycles. The van der Waals surface area contributed by atoms with Crippen LogP contribution in [0.4, 0.5) is 0 Å². The van der Waals surface area contributed by atoms with Crippen LogP contribution in [0.3, 0.4) is 0 Å². The van der Waals surface area contributed by atoms with Gasteiger partial charge in [0.15, 0.2) is 0 Å². The van der Waals surface area contributed by atoms with Crippen molar-refractivity contribution in [1.29, 1.82) is 0 Å². The van der Waals surface area contributed by atoms with Gasteiger partial charge in [-0.25, -0.2) is 0 Å². The van der Waals surface area contributed by atoms with Gasteiger partial charge in [0.05, 0.1) is 0 Å². The average Bonchev–Trinajstić information content (AvgIpc) is 2.17. The molecule has 1 aromatic rings. The summed E-state index contributed by atoms with van der Waals surface area (Å²) in [6, 6.07) is 10.0. The van der Waals surface area contributed by atoms with Crippen molar-refractivity contribution in [1.82, 2.24) is 0 Å². The van der Waals surface area contributed by atoms with Crippen LogP contribution in [0.1, 0.15) is 5.56 Å². The van der Waals surface area contributed by atoms with Gasteiger partial charge in [-0.2, -0.15) is 0 Å². The Labute approximate surface area is 103 Å². The van der Waals surface area contributed by atoms with Crippen LogP contribution in [-0.2, 0) is 0 Å². The van der Waals surface area contributed by atoms with Crippen LogP contribution in [0.5, 0.6) is 0 Å². The zero-order valence-corrected chi connectivity index (χ0v) is 13.7. The summed E-state index contributed by atoms with van der Waals surface area (Å²) in [5.74, 6) is 0. The lowest BCUT2D eigenvalue weighted by Crippen LogP contribution is -2.49. The first kappa shape index (κ1) is 15.4. The molecule has 0 unspecified atom stereocenters. The van der Waals surface area contributed by atoms with Crippen molar-refractivity contribution in [2.45, 2.75) is 39.3 Å². The highest BCUT2D eigenvalue weighted by atomic mass is 29.3. The maximum Gasteiger partial charge on any atom is 0.0379 e. The highest BCUT2D eigenvalue weighted by molar-refractivity contribution is 7.39. The molecule has 90 valence electrons. The lowest BCUT2D eigenvalue weighted by atomic mass is 10.2. The minimum absolute atomic E-state index is 0.720. The Hall–Kier alpha value is -0.606. The standard InChI is InChI=1S/C8H8.C6H18Si2/c1-2-8-6-4-3-5-7-8;1-7(2,3)8(4,5)6/h2-7H,1H2;1-6H3. The van der Waals surface area contributed by atoms with Crippen molar-refractivity contribution in [3.63, 3.8) is 0 Å². The summed E-state index contributed by atoms with van der Waals surface area (Å²) < 4.78 is 0. The van der Waals surface area contributed by atoms with Crippen molar-refractivity contribution < 1.29 is 0 Å². The molecule has 2 heteroatoms. The van der Waals surface area contributed by atoms with E-state index < -0.39 is 15.2 Å². The fraction of sp³-hybridized carbons (Fsp3) is 0.429. The minimum Gasteiger partial charge on any atom is -0.0985 e. The molecular weight excluding hydrogens is 224 g/mol. The average molecular weight is 251 g/mol. The van der Waals surface area contributed by atoms with Gasteiger partial charge in [0.25, 0.3) is 0 Å². The molecule has 0 aliphatic carbocycles. The normalized spacial score (nSPS) is 11.4. The number of hydrogen-bond donors (Lipinski definition) is 0. The summed E-state index contributed by atoms with van der Waals surface area (Å²) in [6.07, 6.45) is 1.83. The fourth-order valence-corrected chi connectivity index (χ4v) is 0.589. The monoisotopic (exact) mass is 250 g/mol. The maximum atomic E-state index is 3.63. The van der Waals surface area contributed by atoms with Crippen LogP contribution >= 0.6 is 0 Å². The van der Waals surface area contributed by atoms with Crippen molar-refractivity contribution >= 4 is 21.3 Å². The van der Waals surface area contributed by atoms with E-state index in [4.69, 9.17) is 0 Å². The van der Waals surface area contributed by atoms with Gasteiger partial charge in [-0.1, -0.05) is 82.3 Å². The van der Waals surface area contributed by atoms with Gasteiger partial charge >= 0.3 is 0 Å². The summed E-state index contributed by atoms with van der Waals surface area (Å²) >= 11 is 0. The van der Waals surface area contributed by atoms with Gasteiger partial charge in [-0.05, 0) is 5.56 Å². The SMILES string of the molecule is C=Cc1ccccc1.C[Si](C)(C)[Si](C)(C)C. The number of rotatable bonds is 2. The van der Waals surface area contributed by atoms with Gasteiger partial charge in [-0.3, -0.25) is 0 Å². The van der Waals surface area contributed by atoms with Crippen molar-refractivity contribution in [2.75, 3.05) is 0 Å². The third-order valence-electron chi connectivity index (χ3n) is 3.29. The molecule has 0 N–H and O–H groups in total. The van der Waals surface area contributed by atoms with Gasteiger partial charge in [0, 0.05) is 15.2 Å². The molecular formula is C14H26Si2. The topological polar surface area (TPSA) is 0 Å². The van der Waals surface area contributed by atoms with Crippen LogP contribution < -0.4 is 0 Å². The molecule has 0 radical (unpaired) electrons. The third kappa shape index (κ3) is 6.08. The summed E-state index contributed by atoms with van der Waals surface area (Å²) in [5.41, 5.74) is 1.17. The highest BCUT2D eigenvalue weighted by Crippen LogP contribution is 2.17. The largest absolute Gasteiger partial charge is 0.0985 e. The molecule has 0 saturated carbocycles. The molecule has 0 fully saturated rings. The maximum absolute atomic E-state index is 3.63. The van der Waals surface area contributed by atoms with Gasteiger partial charge in [-0.15, -0.1) is 0 Å². The minimum atomic E-state index is -0.720. The molecule has 0 aliphatic heterocycles. The molecule has 0 aliphatic rings. The highest BCUT2D eigenvalue weighted by Gasteiger charge is 2.31. The molecule has 0 aromatic heterocycles. The van der Waals surface area contributed by atoms with Crippen LogP contribution in [0.15, 0.2) is 36.9 Å². The molecule has 0 amide bonds. The Morgan fingerprint density at radius 1 is 0.812 bits per heavy atom. The summed E-state index contributed by atoms with van der Waals surface area (Å²) in [6.45, 7) is 18.5. The second-order valence-electron chi connectivity index (χ2n) is 6.11. The third-order valence-corrected chi connectivity index (χ3v) is 21.3. The van der Waals surface area contributed by atoms with Gasteiger partial charge < -0.3 is 0 Å². The quantitative estimate of drug-likeness (QED) is 0.643. The first-order chi connectivity index (χ1) is 7.18. The van der Waals surface area contributed by atoms with Crippen LogP contribution in [0.2, 0.25) is 39.3 Å². The molecule has 1 rings (SSSR count). The number of hydrogen-bond acceptors (Lipinski definition) is 0. The van der Waals surface area contributed by atoms with Crippen molar-refractivity contribution in [3.05, 3.63) is 42.5 Å². The van der Waals surface area contributed by atoms with Crippen LogP contribution in [-0.4, -0.2) is 15.2 Å². The second kappa shape index (κ2) is 6.21. The second-order valence-corrected chi connectivity index (χ2v) is 24.1. The van der Waals surface area contributed by atoms with Gasteiger partial charge in [0.1, 0.15) is 0 Å². The van der Waals surface area contributed by atoms with E-state index in [1.807, 2.05) is 36.4 Å².